The van der Waals surface area contributed by atoms with E-state index in [0.717, 1.165) is 19.5 Å². The van der Waals surface area contributed by atoms with Crippen LogP contribution in [0.3, 0.4) is 0 Å². The summed E-state index contributed by atoms with van der Waals surface area (Å²) in [5.74, 6) is 0.389. The molecule has 0 spiro atoms. The Bertz CT molecular complexity index is 384. The number of likely N-dealkylation sites (N-methyl/N-ethyl adjacent to an activating group) is 1. The van der Waals surface area contributed by atoms with E-state index in [4.69, 9.17) is 5.73 Å². The SMILES string of the molecule is CCCC(N)C(=O)Nc1ccn(CCN(C)C)n1.Cl.Cl. The molecule has 0 saturated heterocycles. The molecule has 3 N–H and O–H groups in total. The standard InChI is InChI=1S/C12H23N5O.2ClH/c1-4-5-10(13)12(18)14-11-6-7-17(15-11)9-8-16(2)3;;/h6-7,10H,4-5,8-9,13H2,1-3H3,(H,14,15,18);2*1H. The molecular formula is C12H25Cl2N5O. The molecule has 1 aromatic heterocycles. The van der Waals surface area contributed by atoms with Crippen molar-refractivity contribution < 1.29 is 4.79 Å². The maximum absolute atomic E-state index is 11.7. The van der Waals surface area contributed by atoms with E-state index >= 15 is 0 Å². The van der Waals surface area contributed by atoms with Gasteiger partial charge in [0.15, 0.2) is 5.82 Å². The number of aromatic nitrogens is 2. The van der Waals surface area contributed by atoms with Crippen molar-refractivity contribution in [1.29, 1.82) is 0 Å². The van der Waals surface area contributed by atoms with E-state index in [9.17, 15) is 4.79 Å². The Labute approximate surface area is 132 Å². The largest absolute Gasteiger partial charge is 0.320 e. The zero-order valence-electron chi connectivity index (χ0n) is 12.2. The van der Waals surface area contributed by atoms with Gasteiger partial charge in [0.05, 0.1) is 12.6 Å². The first-order valence-electron chi connectivity index (χ1n) is 6.27. The fourth-order valence-electron chi connectivity index (χ4n) is 1.52. The molecule has 20 heavy (non-hydrogen) atoms. The van der Waals surface area contributed by atoms with Gasteiger partial charge in [-0.05, 0) is 20.5 Å². The molecule has 8 heteroatoms. The lowest BCUT2D eigenvalue weighted by Gasteiger charge is -2.10. The molecule has 1 unspecified atom stereocenters. The van der Waals surface area contributed by atoms with Crippen LogP contribution in [0.5, 0.6) is 0 Å². The first-order valence-corrected chi connectivity index (χ1v) is 6.27. The molecule has 0 aliphatic carbocycles. The number of nitrogens with one attached hydrogen (secondary N) is 1. The minimum absolute atomic E-state index is 0. The fourth-order valence-corrected chi connectivity index (χ4v) is 1.52. The normalized spacial score (nSPS) is 11.4. The van der Waals surface area contributed by atoms with Gasteiger partial charge < -0.3 is 16.0 Å². The highest BCUT2D eigenvalue weighted by Gasteiger charge is 2.13. The summed E-state index contributed by atoms with van der Waals surface area (Å²) in [5.41, 5.74) is 5.73. The number of carbonyl (C=O) groups excluding carboxylic acids is 1. The van der Waals surface area contributed by atoms with E-state index < -0.39 is 6.04 Å². The van der Waals surface area contributed by atoms with Crippen LogP contribution >= 0.6 is 24.8 Å². The molecule has 1 atom stereocenters. The zero-order valence-corrected chi connectivity index (χ0v) is 13.8. The summed E-state index contributed by atoms with van der Waals surface area (Å²) >= 11 is 0. The van der Waals surface area contributed by atoms with Crippen LogP contribution in [0, 0.1) is 0 Å². The van der Waals surface area contributed by atoms with Crippen molar-refractivity contribution in [3.63, 3.8) is 0 Å². The van der Waals surface area contributed by atoms with Crippen molar-refractivity contribution in [1.82, 2.24) is 14.7 Å². The smallest absolute Gasteiger partial charge is 0.242 e. The van der Waals surface area contributed by atoms with Crippen molar-refractivity contribution in [2.75, 3.05) is 26.0 Å². The molecule has 1 heterocycles. The minimum Gasteiger partial charge on any atom is -0.320 e. The second-order valence-electron chi connectivity index (χ2n) is 4.65. The maximum Gasteiger partial charge on any atom is 0.242 e. The Morgan fingerprint density at radius 2 is 2.15 bits per heavy atom. The Kier molecular flexibility index (Phi) is 11.7. The van der Waals surface area contributed by atoms with Crippen LogP contribution < -0.4 is 11.1 Å². The number of halogens is 2. The molecule has 1 rings (SSSR count). The first-order chi connectivity index (χ1) is 8.52. The number of nitrogens with zero attached hydrogens (tertiary/aromatic N) is 3. The third kappa shape index (κ3) is 7.69. The van der Waals surface area contributed by atoms with E-state index in [-0.39, 0.29) is 30.7 Å². The molecule has 0 radical (unpaired) electrons. The lowest BCUT2D eigenvalue weighted by Crippen LogP contribution is -2.35. The Hall–Kier alpha value is -0.820. The number of anilines is 1. The summed E-state index contributed by atoms with van der Waals surface area (Å²) < 4.78 is 1.81. The second-order valence-corrected chi connectivity index (χ2v) is 4.65. The lowest BCUT2D eigenvalue weighted by atomic mass is 10.2. The molecule has 6 nitrogen and oxygen atoms in total. The highest BCUT2D eigenvalue weighted by atomic mass is 35.5. The third-order valence-electron chi connectivity index (χ3n) is 2.60. The molecule has 0 saturated carbocycles. The van der Waals surface area contributed by atoms with Crippen LogP contribution in [0.25, 0.3) is 0 Å². The van der Waals surface area contributed by atoms with E-state index in [0.29, 0.717) is 12.2 Å². The monoisotopic (exact) mass is 325 g/mol. The van der Waals surface area contributed by atoms with Gasteiger partial charge in [0, 0.05) is 18.8 Å². The highest BCUT2D eigenvalue weighted by Crippen LogP contribution is 2.04. The minimum atomic E-state index is -0.457. The molecule has 0 aromatic carbocycles. The quantitative estimate of drug-likeness (QED) is 0.793. The van der Waals surface area contributed by atoms with Crippen molar-refractivity contribution >= 4 is 36.5 Å². The van der Waals surface area contributed by atoms with E-state index in [1.54, 1.807) is 10.7 Å². The third-order valence-corrected chi connectivity index (χ3v) is 2.60. The molecule has 1 aromatic rings. The van der Waals surface area contributed by atoms with E-state index in [1.165, 1.54) is 0 Å². The fraction of sp³-hybridized carbons (Fsp3) is 0.667. The van der Waals surface area contributed by atoms with Crippen molar-refractivity contribution in [3.8, 4) is 0 Å². The second kappa shape index (κ2) is 10.9. The molecule has 118 valence electrons. The summed E-state index contributed by atoms with van der Waals surface area (Å²) in [5, 5.41) is 6.99. The van der Waals surface area contributed by atoms with Crippen LogP contribution in [0.1, 0.15) is 19.8 Å². The van der Waals surface area contributed by atoms with Gasteiger partial charge in [-0.15, -0.1) is 24.8 Å². The van der Waals surface area contributed by atoms with Crippen LogP contribution in [-0.4, -0.2) is 47.3 Å². The number of nitrogens with two attached hydrogens (primary N) is 1. The van der Waals surface area contributed by atoms with Gasteiger partial charge in [0.25, 0.3) is 0 Å². The number of carbonyl (C=O) groups is 1. The highest BCUT2D eigenvalue weighted by molar-refractivity contribution is 5.93. The molecule has 0 aliphatic rings. The first kappa shape index (κ1) is 21.5. The Morgan fingerprint density at radius 1 is 1.50 bits per heavy atom. The van der Waals surface area contributed by atoms with Crippen LogP contribution in [0.15, 0.2) is 12.3 Å². The van der Waals surface area contributed by atoms with Gasteiger partial charge in [-0.2, -0.15) is 5.10 Å². The maximum atomic E-state index is 11.7. The van der Waals surface area contributed by atoms with Crippen LogP contribution in [0.4, 0.5) is 5.82 Å². The van der Waals surface area contributed by atoms with Gasteiger partial charge in [-0.3, -0.25) is 9.48 Å². The summed E-state index contributed by atoms with van der Waals surface area (Å²) in [6, 6.07) is 1.33. The summed E-state index contributed by atoms with van der Waals surface area (Å²) in [6.45, 7) is 3.71. The molecule has 0 bridgehead atoms. The van der Waals surface area contributed by atoms with Crippen molar-refractivity contribution in [3.05, 3.63) is 12.3 Å². The number of rotatable bonds is 7. The summed E-state index contributed by atoms with van der Waals surface area (Å²) in [4.78, 5) is 13.8. The van der Waals surface area contributed by atoms with Crippen LogP contribution in [0.2, 0.25) is 0 Å². The molecule has 0 aliphatic heterocycles. The predicted octanol–water partition coefficient (Wildman–Crippen LogP) is 1.35. The Morgan fingerprint density at radius 3 is 2.70 bits per heavy atom. The van der Waals surface area contributed by atoms with E-state index in [2.05, 4.69) is 15.3 Å². The van der Waals surface area contributed by atoms with Crippen molar-refractivity contribution in [2.45, 2.75) is 32.4 Å². The van der Waals surface area contributed by atoms with Gasteiger partial charge in [-0.1, -0.05) is 13.3 Å². The number of hydrogen-bond acceptors (Lipinski definition) is 4. The predicted molar refractivity (Wildman–Crippen MR) is 86.8 cm³/mol. The van der Waals surface area contributed by atoms with Gasteiger partial charge in [-0.25, -0.2) is 0 Å². The zero-order chi connectivity index (χ0) is 13.5. The lowest BCUT2D eigenvalue weighted by molar-refractivity contribution is -0.117. The van der Waals surface area contributed by atoms with E-state index in [1.807, 2.05) is 27.2 Å². The molecular weight excluding hydrogens is 301 g/mol. The molecule has 0 fully saturated rings. The topological polar surface area (TPSA) is 76.2 Å². The van der Waals surface area contributed by atoms with Gasteiger partial charge in [0.2, 0.25) is 5.91 Å². The number of hydrogen-bond donors (Lipinski definition) is 2. The van der Waals surface area contributed by atoms with Crippen LogP contribution in [-0.2, 0) is 11.3 Å². The summed E-state index contributed by atoms with van der Waals surface area (Å²) in [7, 11) is 4.02. The number of amides is 1. The van der Waals surface area contributed by atoms with Gasteiger partial charge in [0.1, 0.15) is 0 Å². The average molecular weight is 326 g/mol. The van der Waals surface area contributed by atoms with Gasteiger partial charge >= 0.3 is 0 Å². The molecule has 1 amide bonds. The average Bonchev–Trinajstić information content (AvgIpc) is 2.74. The summed E-state index contributed by atoms with van der Waals surface area (Å²) in [6.07, 6.45) is 3.43. The van der Waals surface area contributed by atoms with Crippen molar-refractivity contribution in [2.24, 2.45) is 5.73 Å². The Balaban J connectivity index is 0.